The van der Waals surface area contributed by atoms with Crippen LogP contribution in [-0.2, 0) is 57.1 Å². The van der Waals surface area contributed by atoms with Crippen LogP contribution >= 0.6 is 0 Å². The summed E-state index contributed by atoms with van der Waals surface area (Å²) in [6.07, 6.45) is 7.53. The van der Waals surface area contributed by atoms with E-state index in [9.17, 15) is 45.1 Å². The number of carboxylic acids is 1. The van der Waals surface area contributed by atoms with Gasteiger partial charge in [-0.25, -0.2) is 8.42 Å². The second-order valence-electron chi connectivity index (χ2n) is 16.3. The van der Waals surface area contributed by atoms with Gasteiger partial charge in [0.15, 0.2) is 17.3 Å². The highest BCUT2D eigenvalue weighted by Gasteiger charge is 2.46. The number of rotatable bonds is 21. The molecule has 0 atom stereocenters. The lowest BCUT2D eigenvalue weighted by atomic mass is 9.78. The summed E-state index contributed by atoms with van der Waals surface area (Å²) in [6.45, 7) is 12.1. The highest BCUT2D eigenvalue weighted by atomic mass is 32.2. The number of hydrogen-bond acceptors (Lipinski definition) is 16. The van der Waals surface area contributed by atoms with Gasteiger partial charge in [0, 0.05) is 95.7 Å². The Balaban J connectivity index is 0.00000230. The zero-order chi connectivity index (χ0) is 50.4. The second-order valence-corrected chi connectivity index (χ2v) is 20.2. The number of aliphatic carboxylic acids is 1. The number of ketones is 2. The molecule has 2 aromatic rings. The fourth-order valence-electron chi connectivity index (χ4n) is 7.88. The molecule has 2 heterocycles. The molecule has 4 rings (SSSR count). The Morgan fingerprint density at radius 2 is 1.39 bits per heavy atom. The minimum atomic E-state index is -4.53. The van der Waals surface area contributed by atoms with Gasteiger partial charge in [0.2, 0.25) is 5.69 Å². The molecule has 2 aromatic carbocycles. The first-order valence-electron chi connectivity index (χ1n) is 20.6. The van der Waals surface area contributed by atoms with Crippen LogP contribution in [0.5, 0.6) is 0 Å². The summed E-state index contributed by atoms with van der Waals surface area (Å²) in [5, 5.41) is 11.7. The lowest BCUT2D eigenvalue weighted by molar-refractivity contribution is -0.437. The Labute approximate surface area is 394 Å². The van der Waals surface area contributed by atoms with Crippen molar-refractivity contribution in [2.45, 2.75) is 111 Å². The molecule has 0 saturated carbocycles. The summed E-state index contributed by atoms with van der Waals surface area (Å²) in [4.78, 5) is 52.8. The van der Waals surface area contributed by atoms with E-state index in [0.29, 0.717) is 46.5 Å². The number of carbonyl (C=O) groups excluding carboxylic acids is 3. The number of fused-ring (bicyclic) bond motifs is 2. The van der Waals surface area contributed by atoms with Crippen molar-refractivity contribution in [3.63, 3.8) is 0 Å². The Morgan fingerprint density at radius 1 is 0.806 bits per heavy atom. The number of carboxylic acid groups (broad SMARTS) is 1. The Hall–Kier alpha value is -5.27. The molecule has 3 N–H and O–H groups in total. The molecule has 0 unspecified atom stereocenters. The van der Waals surface area contributed by atoms with Crippen molar-refractivity contribution in [1.29, 1.82) is 0 Å². The van der Waals surface area contributed by atoms with E-state index in [4.69, 9.17) is 30.4 Å². The molecule has 372 valence electrons. The monoisotopic (exact) mass is 1020 g/mol. The van der Waals surface area contributed by atoms with E-state index < -0.39 is 69.8 Å². The number of anilines is 1. The average molecular weight is 1020 g/mol. The minimum absolute atomic E-state index is 0. The van der Waals surface area contributed by atoms with Crippen LogP contribution in [0.1, 0.15) is 143 Å². The maximum atomic E-state index is 13.7. The van der Waals surface area contributed by atoms with Crippen molar-refractivity contribution < 1.29 is 80.1 Å². The number of Topliss-reactive ketones (excluding diaryl/α,β-unsaturated/α-hetero) is 2. The van der Waals surface area contributed by atoms with Gasteiger partial charge in [0.1, 0.15) is 6.54 Å². The molecule has 0 radical (unpaired) electrons. The lowest BCUT2D eigenvalue weighted by Crippen LogP contribution is -2.29. The summed E-state index contributed by atoms with van der Waals surface area (Å²) >= 11 is 0. The van der Waals surface area contributed by atoms with Crippen LogP contribution in [0.4, 0.5) is 11.4 Å². The predicted octanol–water partition coefficient (Wildman–Crippen LogP) is 4.70. The molecule has 0 aliphatic carbocycles. The molecule has 0 aromatic heterocycles. The number of allylic oxidation sites excluding steroid dienone is 4. The summed E-state index contributed by atoms with van der Waals surface area (Å²) in [5.74, 6) is -2.66. The SMILES string of the molecule is C.CCCC(=O)c1cc(C(=O)CCC)c2c(c1)N(CCCS(=O)(=O)[O-])C(=CC=CC1=[N+](CCCS(=O)(=O)O)c3ccc(C(=O)NCCCC(=O)O)cc3C1(C)C)C2(C)C.O=S(=O)=O.O=S(=O)=O. The molecule has 0 saturated heterocycles. The molecule has 2 aliphatic rings. The molecular weight excluding hydrogens is 959 g/mol. The fourth-order valence-corrected chi connectivity index (χ4v) is 8.86. The molecule has 0 fully saturated rings. The number of hydrogen-bond donors (Lipinski definition) is 3. The predicted molar refractivity (Wildman–Crippen MR) is 247 cm³/mol. The molecule has 2 aliphatic heterocycles. The van der Waals surface area contributed by atoms with Gasteiger partial charge < -0.3 is 19.9 Å². The summed E-state index contributed by atoms with van der Waals surface area (Å²) in [5.41, 5.74) is 3.86. The van der Waals surface area contributed by atoms with Gasteiger partial charge >= 0.3 is 27.2 Å². The molecular formula is C43H59N3O17S4. The van der Waals surface area contributed by atoms with Gasteiger partial charge in [0.05, 0.1) is 21.3 Å². The van der Waals surface area contributed by atoms with E-state index in [1.165, 1.54) is 0 Å². The van der Waals surface area contributed by atoms with Gasteiger partial charge in [-0.05, 0) is 75.4 Å². The lowest BCUT2D eigenvalue weighted by Gasteiger charge is -2.27. The maximum Gasteiger partial charge on any atom is 0.425 e. The molecule has 24 heteroatoms. The van der Waals surface area contributed by atoms with E-state index >= 15 is 0 Å². The first-order valence-corrected chi connectivity index (χ1v) is 25.8. The van der Waals surface area contributed by atoms with Crippen LogP contribution in [0.25, 0.3) is 0 Å². The maximum absolute atomic E-state index is 13.7. The van der Waals surface area contributed by atoms with Crippen molar-refractivity contribution in [3.05, 3.63) is 82.1 Å². The highest BCUT2D eigenvalue weighted by Crippen LogP contribution is 2.50. The van der Waals surface area contributed by atoms with E-state index in [1.54, 1.807) is 30.3 Å². The van der Waals surface area contributed by atoms with E-state index in [2.05, 4.69) is 5.32 Å². The van der Waals surface area contributed by atoms with Crippen LogP contribution in [0, 0.1) is 0 Å². The quantitative estimate of drug-likeness (QED) is 0.0660. The number of amides is 1. The van der Waals surface area contributed by atoms with E-state index in [0.717, 1.165) is 17.0 Å². The first kappa shape index (κ1) is 59.7. The molecule has 0 spiro atoms. The van der Waals surface area contributed by atoms with Crippen LogP contribution in [0.2, 0.25) is 0 Å². The largest absolute Gasteiger partial charge is 0.748 e. The van der Waals surface area contributed by atoms with Gasteiger partial charge in [-0.1, -0.05) is 41.2 Å². The van der Waals surface area contributed by atoms with Gasteiger partial charge in [-0.3, -0.25) is 23.7 Å². The fraction of sp³-hybridized carbons (Fsp3) is 0.512. The van der Waals surface area contributed by atoms with Crippen molar-refractivity contribution in [1.82, 2.24) is 5.32 Å². The van der Waals surface area contributed by atoms with E-state index in [1.807, 2.05) is 69.2 Å². The second kappa shape index (κ2) is 25.7. The normalized spacial score (nSPS) is 15.0. The van der Waals surface area contributed by atoms with Crippen molar-refractivity contribution >= 4 is 82.0 Å². The van der Waals surface area contributed by atoms with Gasteiger partial charge in [-0.15, -0.1) is 25.3 Å². The van der Waals surface area contributed by atoms with Crippen molar-refractivity contribution in [2.24, 2.45) is 0 Å². The van der Waals surface area contributed by atoms with Crippen molar-refractivity contribution in [3.8, 4) is 0 Å². The van der Waals surface area contributed by atoms with Gasteiger partial charge in [-0.2, -0.15) is 13.0 Å². The average Bonchev–Trinajstić information content (AvgIpc) is 3.52. The minimum Gasteiger partial charge on any atom is -0.748 e. The highest BCUT2D eigenvalue weighted by molar-refractivity contribution is 7.85. The summed E-state index contributed by atoms with van der Waals surface area (Å²) < 4.78 is 121. The smallest absolute Gasteiger partial charge is 0.425 e. The third-order valence-electron chi connectivity index (χ3n) is 10.6. The number of nitrogens with zero attached hydrogens (tertiary/aromatic N) is 2. The van der Waals surface area contributed by atoms with Crippen LogP contribution in [0.3, 0.4) is 0 Å². The third-order valence-corrected chi connectivity index (χ3v) is 12.2. The Kier molecular flexibility index (Phi) is 23.0. The van der Waals surface area contributed by atoms with Crippen LogP contribution in [-0.4, -0.2) is 121 Å². The molecule has 20 nitrogen and oxygen atoms in total. The topological polar surface area (TPSA) is 321 Å². The first-order chi connectivity index (χ1) is 30.5. The Bertz CT molecular complexity index is 2700. The van der Waals surface area contributed by atoms with E-state index in [-0.39, 0.29) is 83.1 Å². The standard InChI is InChI=1S/C42H55N3O11S2.CH4.2O3S/c1-7-13-34(46)29-25-30(35(47)14-8-2)39-33(27-29)45(22-12-24-58(54,55)56)37(42(39,5)6)16-9-15-36-41(3,4)31-26-28(40(50)43-20-10-17-38(48)49)18-19-32(31)44(36)21-11-23-57(51,52)53;;2*1-4(2)3/h9,15-16,18-19,25-27H,7-8,10-14,17,20-24H2,1-6H3,(H3-,43,48,49,50,51,52,53,54,55,56);1H4;;. The third kappa shape index (κ3) is 17.7. The van der Waals surface area contributed by atoms with Crippen LogP contribution in [0.15, 0.2) is 54.3 Å². The number of carbonyl (C=O) groups is 4. The number of nitrogens with one attached hydrogen (secondary N) is 1. The zero-order valence-electron chi connectivity index (χ0n) is 37.4. The van der Waals surface area contributed by atoms with Gasteiger partial charge in [0.25, 0.3) is 16.0 Å². The molecule has 67 heavy (non-hydrogen) atoms. The number of benzene rings is 2. The molecule has 1 amide bonds. The molecule has 0 bridgehead atoms. The summed E-state index contributed by atoms with van der Waals surface area (Å²) in [6, 6.07) is 8.58. The zero-order valence-corrected chi connectivity index (χ0v) is 40.6. The van der Waals surface area contributed by atoms with Crippen LogP contribution < -0.4 is 10.2 Å². The Morgan fingerprint density at radius 3 is 1.93 bits per heavy atom. The van der Waals surface area contributed by atoms with Crippen molar-refractivity contribution in [2.75, 3.05) is 36.0 Å². The summed E-state index contributed by atoms with van der Waals surface area (Å²) in [7, 11) is -15.0.